The molecule has 4 heteroatoms. The van der Waals surface area contributed by atoms with Crippen LogP contribution in [0.25, 0.3) is 0 Å². The fraction of sp³-hybridized carbons (Fsp3) is 0.588. The Morgan fingerprint density at radius 2 is 1.90 bits per heavy atom. The molecule has 0 aromatic heterocycles. The number of para-hydroxylation sites is 1. The van der Waals surface area contributed by atoms with Crippen molar-refractivity contribution in [1.82, 2.24) is 10.2 Å². The van der Waals surface area contributed by atoms with Crippen molar-refractivity contribution >= 4 is 11.6 Å². The summed E-state index contributed by atoms with van der Waals surface area (Å²) >= 11 is 0. The van der Waals surface area contributed by atoms with Crippen molar-refractivity contribution in [3.05, 3.63) is 29.8 Å². The van der Waals surface area contributed by atoms with Crippen molar-refractivity contribution in [3.8, 4) is 0 Å². The van der Waals surface area contributed by atoms with Crippen LogP contribution >= 0.6 is 0 Å². The van der Waals surface area contributed by atoms with Gasteiger partial charge >= 0.3 is 0 Å². The summed E-state index contributed by atoms with van der Waals surface area (Å²) < 4.78 is 0. The third kappa shape index (κ3) is 6.17. The number of carbonyl (C=O) groups is 1. The van der Waals surface area contributed by atoms with Crippen molar-refractivity contribution in [2.24, 2.45) is 0 Å². The molecule has 0 radical (unpaired) electrons. The van der Waals surface area contributed by atoms with Crippen LogP contribution in [0.5, 0.6) is 0 Å². The molecule has 0 spiro atoms. The first-order chi connectivity index (χ1) is 10.1. The molecular formula is C17H29N3O. The third-order valence-electron chi connectivity index (χ3n) is 3.32. The van der Waals surface area contributed by atoms with Gasteiger partial charge in [0.2, 0.25) is 0 Å². The Morgan fingerprint density at radius 1 is 1.19 bits per heavy atom. The molecule has 0 fully saturated rings. The first-order valence-electron chi connectivity index (χ1n) is 7.94. The molecular weight excluding hydrogens is 262 g/mol. The van der Waals surface area contributed by atoms with E-state index >= 15 is 0 Å². The minimum Gasteiger partial charge on any atom is -0.382 e. The van der Waals surface area contributed by atoms with Gasteiger partial charge in [0, 0.05) is 24.8 Å². The lowest BCUT2D eigenvalue weighted by Crippen LogP contribution is -2.35. The Hall–Kier alpha value is -1.55. The molecule has 1 amide bonds. The van der Waals surface area contributed by atoms with Gasteiger partial charge in [0.25, 0.3) is 5.91 Å². The van der Waals surface area contributed by atoms with E-state index in [2.05, 4.69) is 43.2 Å². The van der Waals surface area contributed by atoms with Crippen LogP contribution in [0.1, 0.15) is 44.5 Å². The van der Waals surface area contributed by atoms with Gasteiger partial charge in [0.05, 0.1) is 5.56 Å². The van der Waals surface area contributed by atoms with Gasteiger partial charge in [-0.25, -0.2) is 0 Å². The summed E-state index contributed by atoms with van der Waals surface area (Å²) in [5.41, 5.74) is 1.61. The predicted octanol–water partition coefficient (Wildman–Crippen LogP) is 2.97. The molecule has 0 unspecified atom stereocenters. The molecule has 1 aromatic rings. The van der Waals surface area contributed by atoms with Gasteiger partial charge in [-0.2, -0.15) is 0 Å². The fourth-order valence-electron chi connectivity index (χ4n) is 2.29. The van der Waals surface area contributed by atoms with Gasteiger partial charge in [0.1, 0.15) is 0 Å². The minimum absolute atomic E-state index is 0.00805. The number of benzene rings is 1. The second kappa shape index (κ2) is 9.40. The summed E-state index contributed by atoms with van der Waals surface area (Å²) in [5.74, 6) is -0.00805. The van der Waals surface area contributed by atoms with Gasteiger partial charge < -0.3 is 15.5 Å². The lowest BCUT2D eigenvalue weighted by molar-refractivity contribution is 0.0949. The van der Waals surface area contributed by atoms with Gasteiger partial charge in [-0.1, -0.05) is 26.0 Å². The molecule has 4 nitrogen and oxygen atoms in total. The van der Waals surface area contributed by atoms with Crippen LogP contribution in [0.15, 0.2) is 24.3 Å². The van der Waals surface area contributed by atoms with E-state index in [4.69, 9.17) is 0 Å². The molecule has 0 atom stereocenters. The number of likely N-dealkylation sites (N-methyl/N-ethyl adjacent to an activating group) is 1. The summed E-state index contributed by atoms with van der Waals surface area (Å²) in [6.45, 7) is 12.1. The van der Waals surface area contributed by atoms with Crippen LogP contribution in [0, 0.1) is 0 Å². The SMILES string of the molecule is CCCN(CC)CCNC(=O)c1ccccc1NC(C)C. The Morgan fingerprint density at radius 3 is 2.52 bits per heavy atom. The standard InChI is InChI=1S/C17H29N3O/c1-5-12-20(6-2)13-11-18-17(21)15-9-7-8-10-16(15)19-14(3)4/h7-10,14,19H,5-6,11-13H2,1-4H3,(H,18,21). The molecule has 21 heavy (non-hydrogen) atoms. The Bertz CT molecular complexity index is 432. The molecule has 0 bridgehead atoms. The topological polar surface area (TPSA) is 44.4 Å². The normalized spacial score (nSPS) is 11.0. The predicted molar refractivity (Wildman–Crippen MR) is 89.9 cm³/mol. The lowest BCUT2D eigenvalue weighted by Gasteiger charge is -2.20. The molecule has 0 aliphatic rings. The first-order valence-corrected chi connectivity index (χ1v) is 7.94. The molecule has 1 rings (SSSR count). The van der Waals surface area contributed by atoms with Gasteiger partial charge in [-0.05, 0) is 45.5 Å². The number of anilines is 1. The van der Waals surface area contributed by atoms with Crippen LogP contribution in [-0.2, 0) is 0 Å². The molecule has 2 N–H and O–H groups in total. The van der Waals surface area contributed by atoms with E-state index in [-0.39, 0.29) is 5.91 Å². The van der Waals surface area contributed by atoms with Crippen molar-refractivity contribution in [1.29, 1.82) is 0 Å². The molecule has 0 aliphatic carbocycles. The summed E-state index contributed by atoms with van der Waals surface area (Å²) in [6.07, 6.45) is 1.14. The molecule has 0 heterocycles. The molecule has 118 valence electrons. The quantitative estimate of drug-likeness (QED) is 0.735. The van der Waals surface area contributed by atoms with Crippen molar-refractivity contribution in [2.45, 2.75) is 40.2 Å². The molecule has 0 saturated heterocycles. The number of amides is 1. The first kappa shape index (κ1) is 17.5. The van der Waals surface area contributed by atoms with E-state index in [1.165, 1.54) is 0 Å². The summed E-state index contributed by atoms with van der Waals surface area (Å²) in [5, 5.41) is 6.33. The van der Waals surface area contributed by atoms with E-state index in [1.807, 2.05) is 24.3 Å². The van der Waals surface area contributed by atoms with Crippen LogP contribution < -0.4 is 10.6 Å². The Balaban J connectivity index is 2.55. The second-order valence-electron chi connectivity index (χ2n) is 5.53. The second-order valence-corrected chi connectivity index (χ2v) is 5.53. The van der Waals surface area contributed by atoms with E-state index < -0.39 is 0 Å². The zero-order valence-electron chi connectivity index (χ0n) is 13.8. The van der Waals surface area contributed by atoms with Crippen molar-refractivity contribution in [3.63, 3.8) is 0 Å². The zero-order chi connectivity index (χ0) is 15.7. The molecule has 1 aromatic carbocycles. The maximum Gasteiger partial charge on any atom is 0.253 e. The number of hydrogen-bond acceptors (Lipinski definition) is 3. The number of nitrogens with zero attached hydrogens (tertiary/aromatic N) is 1. The number of nitrogens with one attached hydrogen (secondary N) is 2. The van der Waals surface area contributed by atoms with Crippen LogP contribution in [0.4, 0.5) is 5.69 Å². The van der Waals surface area contributed by atoms with E-state index in [9.17, 15) is 4.79 Å². The van der Waals surface area contributed by atoms with Gasteiger partial charge in [0.15, 0.2) is 0 Å². The van der Waals surface area contributed by atoms with Crippen molar-refractivity contribution < 1.29 is 4.79 Å². The number of rotatable bonds is 9. The van der Waals surface area contributed by atoms with Crippen LogP contribution in [0.3, 0.4) is 0 Å². The largest absolute Gasteiger partial charge is 0.382 e. The van der Waals surface area contributed by atoms with Gasteiger partial charge in [-0.3, -0.25) is 4.79 Å². The highest BCUT2D eigenvalue weighted by atomic mass is 16.1. The summed E-state index contributed by atoms with van der Waals surface area (Å²) in [4.78, 5) is 14.7. The number of hydrogen-bond donors (Lipinski definition) is 2. The maximum atomic E-state index is 12.3. The van der Waals surface area contributed by atoms with E-state index in [1.54, 1.807) is 0 Å². The minimum atomic E-state index is -0.00805. The highest BCUT2D eigenvalue weighted by molar-refractivity contribution is 5.99. The van der Waals surface area contributed by atoms with Crippen LogP contribution in [-0.4, -0.2) is 43.0 Å². The average Bonchev–Trinajstić information content (AvgIpc) is 2.46. The van der Waals surface area contributed by atoms with E-state index in [0.29, 0.717) is 18.2 Å². The average molecular weight is 291 g/mol. The highest BCUT2D eigenvalue weighted by Crippen LogP contribution is 2.15. The number of carbonyl (C=O) groups excluding carboxylic acids is 1. The van der Waals surface area contributed by atoms with Crippen LogP contribution in [0.2, 0.25) is 0 Å². The van der Waals surface area contributed by atoms with Gasteiger partial charge in [-0.15, -0.1) is 0 Å². The zero-order valence-corrected chi connectivity index (χ0v) is 13.8. The smallest absolute Gasteiger partial charge is 0.253 e. The molecule has 0 aliphatic heterocycles. The monoisotopic (exact) mass is 291 g/mol. The Kier molecular flexibility index (Phi) is 7.83. The Labute approximate surface area is 128 Å². The maximum absolute atomic E-state index is 12.3. The van der Waals surface area contributed by atoms with E-state index in [0.717, 1.165) is 31.7 Å². The van der Waals surface area contributed by atoms with Crippen molar-refractivity contribution in [2.75, 3.05) is 31.5 Å². The summed E-state index contributed by atoms with van der Waals surface area (Å²) in [7, 11) is 0. The lowest BCUT2D eigenvalue weighted by atomic mass is 10.1. The summed E-state index contributed by atoms with van der Waals surface area (Å²) in [6, 6.07) is 7.96. The fourth-order valence-corrected chi connectivity index (χ4v) is 2.29. The third-order valence-corrected chi connectivity index (χ3v) is 3.32. The highest BCUT2D eigenvalue weighted by Gasteiger charge is 2.11. The molecule has 0 saturated carbocycles.